The van der Waals surface area contributed by atoms with Gasteiger partial charge >= 0.3 is 6.18 Å². The van der Waals surface area contributed by atoms with E-state index in [0.717, 1.165) is 0 Å². The molecular weight excluding hydrogens is 487 g/mol. The van der Waals surface area contributed by atoms with E-state index in [4.69, 9.17) is 5.73 Å². The zero-order valence-electron chi connectivity index (χ0n) is 18.8. The third-order valence-corrected chi connectivity index (χ3v) is 7.43. The van der Waals surface area contributed by atoms with E-state index in [1.54, 1.807) is 0 Å². The van der Waals surface area contributed by atoms with Gasteiger partial charge in [0.15, 0.2) is 15.7 Å². The van der Waals surface area contributed by atoms with Crippen molar-refractivity contribution in [3.63, 3.8) is 0 Å². The van der Waals surface area contributed by atoms with Gasteiger partial charge in [0.25, 0.3) is 5.56 Å². The molecule has 0 spiro atoms. The minimum atomic E-state index is -4.78. The second-order valence-electron chi connectivity index (χ2n) is 8.00. The lowest BCUT2D eigenvalue weighted by atomic mass is 10.2. The zero-order chi connectivity index (χ0) is 25.7. The maximum absolute atomic E-state index is 13.6. The van der Waals surface area contributed by atoms with Crippen LogP contribution in [-0.2, 0) is 16.0 Å². The van der Waals surface area contributed by atoms with Crippen LogP contribution in [0.15, 0.2) is 47.1 Å². The third-order valence-electron chi connectivity index (χ3n) is 5.67. The average Bonchev–Trinajstić information content (AvgIpc) is 3.48. The van der Waals surface area contributed by atoms with Gasteiger partial charge in [0.1, 0.15) is 29.7 Å². The highest BCUT2D eigenvalue weighted by Gasteiger charge is 2.41. The number of hydrogen-bond acceptors (Lipinski definition) is 8. The molecule has 3 aromatic heterocycles. The number of nitrogen functional groups attached to an aromatic ring is 1. The van der Waals surface area contributed by atoms with Gasteiger partial charge in [-0.25, -0.2) is 23.1 Å². The van der Waals surface area contributed by atoms with Crippen molar-refractivity contribution in [1.82, 2.24) is 24.3 Å². The first kappa shape index (κ1) is 24.4. The number of aromatic nitrogens is 5. The molecule has 1 fully saturated rings. The van der Waals surface area contributed by atoms with Crippen LogP contribution in [0.4, 0.5) is 24.5 Å². The summed E-state index contributed by atoms with van der Waals surface area (Å²) in [4.78, 5) is 22.5. The van der Waals surface area contributed by atoms with Gasteiger partial charge in [-0.3, -0.25) is 9.36 Å². The summed E-state index contributed by atoms with van der Waals surface area (Å²) in [6, 6.07) is 2.88. The van der Waals surface area contributed by atoms with Gasteiger partial charge < -0.3 is 10.6 Å². The van der Waals surface area contributed by atoms with Gasteiger partial charge in [0.05, 0.1) is 22.0 Å². The average molecular weight is 510 g/mol. The number of sulfone groups is 1. The fraction of sp³-hybridized carbons (Fsp3) is 0.333. The Labute approximate surface area is 198 Å². The van der Waals surface area contributed by atoms with Crippen LogP contribution in [0.1, 0.15) is 37.2 Å². The maximum atomic E-state index is 13.6. The van der Waals surface area contributed by atoms with Gasteiger partial charge in [-0.2, -0.15) is 18.3 Å². The molecule has 0 atom stereocenters. The molecule has 0 amide bonds. The van der Waals surface area contributed by atoms with Crippen molar-refractivity contribution in [2.45, 2.75) is 36.9 Å². The molecular formula is C21H22F3N7O3S. The number of anilines is 2. The Morgan fingerprint density at radius 3 is 2.54 bits per heavy atom. The minimum absolute atomic E-state index is 0.0510. The predicted molar refractivity (Wildman–Crippen MR) is 123 cm³/mol. The highest BCUT2D eigenvalue weighted by Crippen LogP contribution is 2.41. The quantitative estimate of drug-likeness (QED) is 0.515. The summed E-state index contributed by atoms with van der Waals surface area (Å²) in [6.45, 7) is 5.36. The monoisotopic (exact) mass is 509 g/mol. The van der Waals surface area contributed by atoms with E-state index in [1.165, 1.54) is 48.3 Å². The summed E-state index contributed by atoms with van der Waals surface area (Å²) < 4.78 is 68.4. The van der Waals surface area contributed by atoms with E-state index in [9.17, 15) is 26.4 Å². The molecule has 3 aromatic rings. The van der Waals surface area contributed by atoms with E-state index >= 15 is 0 Å². The lowest BCUT2D eigenvalue weighted by molar-refractivity contribution is -0.144. The van der Waals surface area contributed by atoms with Crippen LogP contribution in [0, 0.1) is 0 Å². The van der Waals surface area contributed by atoms with Crippen molar-refractivity contribution in [3.8, 4) is 5.82 Å². The molecule has 2 N–H and O–H groups in total. The first-order chi connectivity index (χ1) is 16.4. The normalized spacial score (nSPS) is 14.2. The number of halogens is 3. The first-order valence-corrected chi connectivity index (χ1v) is 12.2. The van der Waals surface area contributed by atoms with E-state index in [2.05, 4.69) is 21.6 Å². The molecule has 1 saturated carbocycles. The molecule has 14 heteroatoms. The van der Waals surface area contributed by atoms with Crippen LogP contribution < -0.4 is 16.2 Å². The van der Waals surface area contributed by atoms with Crippen LogP contribution in [0.25, 0.3) is 11.5 Å². The van der Waals surface area contributed by atoms with Crippen LogP contribution in [-0.4, -0.2) is 45.5 Å². The zero-order valence-corrected chi connectivity index (χ0v) is 19.6. The molecule has 1 aliphatic carbocycles. The number of nitrogens with zero attached hydrogens (tertiary/aromatic N) is 6. The standard InChI is InChI=1S/C21H22F3N7O3S/c1-4-35(33,34)15-7-8-17(30-11-26-10-27-30)28-18(15)12(2)29(3)19-14(25)9-16(21(22,23)24)31(20(19)32)13-5-6-13/h7-11,13H,2,4-6,25H2,1,3H3. The fourth-order valence-electron chi connectivity index (χ4n) is 3.68. The Balaban J connectivity index is 1.88. The van der Waals surface area contributed by atoms with Gasteiger partial charge in [0, 0.05) is 13.1 Å². The molecule has 35 heavy (non-hydrogen) atoms. The molecule has 0 bridgehead atoms. The highest BCUT2D eigenvalue weighted by atomic mass is 32.2. The summed E-state index contributed by atoms with van der Waals surface area (Å²) in [5.41, 5.74) is 3.01. The summed E-state index contributed by atoms with van der Waals surface area (Å²) >= 11 is 0. The van der Waals surface area contributed by atoms with Crippen LogP contribution in [0.3, 0.4) is 0 Å². The summed E-state index contributed by atoms with van der Waals surface area (Å²) in [6.07, 6.45) is -1.30. The number of alkyl halides is 3. The van der Waals surface area contributed by atoms with E-state index in [-0.39, 0.29) is 33.5 Å². The van der Waals surface area contributed by atoms with Crippen LogP contribution in [0.5, 0.6) is 0 Å². The number of nitrogens with two attached hydrogens (primary N) is 1. The van der Waals surface area contributed by atoms with Gasteiger partial charge in [-0.15, -0.1) is 0 Å². The Morgan fingerprint density at radius 2 is 2.00 bits per heavy atom. The fourth-order valence-corrected chi connectivity index (χ4v) is 4.72. The molecule has 4 rings (SSSR count). The third kappa shape index (κ3) is 4.40. The molecule has 186 valence electrons. The van der Waals surface area contributed by atoms with Gasteiger partial charge in [0.2, 0.25) is 0 Å². The Kier molecular flexibility index (Phi) is 5.95. The summed E-state index contributed by atoms with van der Waals surface area (Å²) in [5, 5.41) is 3.97. The number of rotatable bonds is 7. The Bertz CT molecular complexity index is 1460. The van der Waals surface area contributed by atoms with Gasteiger partial charge in [-0.1, -0.05) is 13.5 Å². The van der Waals surface area contributed by atoms with Crippen molar-refractivity contribution >= 4 is 26.9 Å². The predicted octanol–water partition coefficient (Wildman–Crippen LogP) is 2.66. The van der Waals surface area contributed by atoms with Crippen LogP contribution in [0.2, 0.25) is 0 Å². The Morgan fingerprint density at radius 1 is 1.31 bits per heavy atom. The SMILES string of the molecule is C=C(c1nc(-n2cncn2)ccc1S(=O)(=O)CC)N(C)c1c(N)cc(C(F)(F)F)n(C2CC2)c1=O. The smallest absolute Gasteiger partial charge is 0.397 e. The highest BCUT2D eigenvalue weighted by molar-refractivity contribution is 7.91. The molecule has 3 heterocycles. The molecule has 0 unspecified atom stereocenters. The van der Waals surface area contributed by atoms with Crippen molar-refractivity contribution in [2.75, 3.05) is 23.4 Å². The second kappa shape index (κ2) is 8.52. The second-order valence-corrected chi connectivity index (χ2v) is 10.2. The minimum Gasteiger partial charge on any atom is -0.397 e. The van der Waals surface area contributed by atoms with Crippen molar-refractivity contribution in [1.29, 1.82) is 0 Å². The Hall–Kier alpha value is -3.68. The van der Waals surface area contributed by atoms with Gasteiger partial charge in [-0.05, 0) is 31.0 Å². The van der Waals surface area contributed by atoms with E-state index < -0.39 is 39.0 Å². The molecule has 0 radical (unpaired) electrons. The van der Waals surface area contributed by atoms with Crippen molar-refractivity contribution in [2.24, 2.45) is 0 Å². The lowest BCUT2D eigenvalue weighted by Crippen LogP contribution is -2.34. The first-order valence-electron chi connectivity index (χ1n) is 10.5. The molecule has 10 nitrogen and oxygen atoms in total. The molecule has 1 aliphatic rings. The molecule has 0 aromatic carbocycles. The number of pyridine rings is 2. The van der Waals surface area contributed by atoms with Crippen molar-refractivity contribution < 1.29 is 21.6 Å². The van der Waals surface area contributed by atoms with Crippen LogP contribution >= 0.6 is 0 Å². The largest absolute Gasteiger partial charge is 0.431 e. The van der Waals surface area contributed by atoms with E-state index in [0.29, 0.717) is 23.5 Å². The summed E-state index contributed by atoms with van der Waals surface area (Å²) in [7, 11) is -2.42. The van der Waals surface area contributed by atoms with Crippen molar-refractivity contribution in [3.05, 3.63) is 59.2 Å². The number of hydrogen-bond donors (Lipinski definition) is 1. The van der Waals surface area contributed by atoms with E-state index in [1.807, 2.05) is 0 Å². The topological polar surface area (TPSA) is 129 Å². The maximum Gasteiger partial charge on any atom is 0.431 e. The molecule has 0 saturated heterocycles. The summed E-state index contributed by atoms with van der Waals surface area (Å²) in [5.74, 6) is -0.0176. The molecule has 0 aliphatic heterocycles. The lowest BCUT2D eigenvalue weighted by Gasteiger charge is -2.26.